The second kappa shape index (κ2) is 11.5. The van der Waals surface area contributed by atoms with E-state index < -0.39 is 33.9 Å². The maximum absolute atomic E-state index is 13.3. The summed E-state index contributed by atoms with van der Waals surface area (Å²) >= 11 is 5.98. The molecule has 1 heterocycles. The minimum atomic E-state index is -3.75. The van der Waals surface area contributed by atoms with Crippen LogP contribution in [-0.4, -0.2) is 46.6 Å². The Kier molecular flexibility index (Phi) is 8.83. The van der Waals surface area contributed by atoms with Gasteiger partial charge in [0.05, 0.1) is 46.4 Å². The van der Waals surface area contributed by atoms with Crippen LogP contribution < -0.4 is 10.0 Å². The number of halogens is 2. The monoisotopic (exact) mass is 537 g/mol. The molecule has 9 nitrogen and oxygen atoms in total. The van der Waals surface area contributed by atoms with Gasteiger partial charge in [-0.1, -0.05) is 36.7 Å². The largest absolute Gasteiger partial charge is 0.389 e. The number of aryl methyl sites for hydroxylation is 2. The lowest BCUT2D eigenvalue weighted by molar-refractivity contribution is 0.0681. The highest BCUT2D eigenvalue weighted by molar-refractivity contribution is 7.89. The fourth-order valence-electron chi connectivity index (χ4n) is 3.76. The highest BCUT2D eigenvalue weighted by Gasteiger charge is 2.27. The summed E-state index contributed by atoms with van der Waals surface area (Å²) in [6.45, 7) is 7.22. The number of aliphatic hydroxyl groups is 1. The van der Waals surface area contributed by atoms with Gasteiger partial charge < -0.3 is 10.4 Å². The molecule has 0 fully saturated rings. The van der Waals surface area contributed by atoms with E-state index in [1.165, 1.54) is 16.9 Å². The Morgan fingerprint density at radius 2 is 1.83 bits per heavy atom. The van der Waals surface area contributed by atoms with Crippen LogP contribution in [0.3, 0.4) is 0 Å². The molecule has 194 valence electrons. The summed E-state index contributed by atoms with van der Waals surface area (Å²) in [5, 5.41) is 21.4. The van der Waals surface area contributed by atoms with E-state index in [2.05, 4.69) is 20.4 Å². The second-order valence-electron chi connectivity index (χ2n) is 9.01. The summed E-state index contributed by atoms with van der Waals surface area (Å²) < 4.78 is 42.5. The van der Waals surface area contributed by atoms with Gasteiger partial charge in [0.25, 0.3) is 5.91 Å². The molecule has 0 radical (unpaired) electrons. The van der Waals surface area contributed by atoms with Gasteiger partial charge in [-0.25, -0.2) is 22.2 Å². The van der Waals surface area contributed by atoms with Crippen LogP contribution in [0.5, 0.6) is 0 Å². The van der Waals surface area contributed by atoms with Crippen LogP contribution in [0.15, 0.2) is 47.5 Å². The smallest absolute Gasteiger partial charge is 0.253 e. The van der Waals surface area contributed by atoms with Crippen molar-refractivity contribution in [2.24, 2.45) is 5.92 Å². The van der Waals surface area contributed by atoms with E-state index in [0.717, 1.165) is 23.3 Å². The van der Waals surface area contributed by atoms with E-state index >= 15 is 0 Å². The van der Waals surface area contributed by atoms with E-state index in [9.17, 15) is 22.7 Å². The fourth-order valence-corrected chi connectivity index (χ4v) is 5.20. The van der Waals surface area contributed by atoms with Crippen LogP contribution in [0.4, 0.5) is 4.39 Å². The molecule has 0 aliphatic carbocycles. The van der Waals surface area contributed by atoms with Crippen molar-refractivity contribution >= 4 is 27.5 Å². The molecular formula is C24H29ClFN5O4S. The molecule has 1 aromatic heterocycles. The third-order valence-electron chi connectivity index (χ3n) is 5.52. The number of aliphatic hydroxyl groups excluding tert-OH is 1. The molecule has 3 rings (SSSR count). The lowest BCUT2D eigenvalue weighted by Gasteiger charge is -2.27. The molecule has 12 heteroatoms. The number of benzene rings is 2. The molecule has 1 unspecified atom stereocenters. The number of rotatable bonds is 10. The molecule has 0 saturated heterocycles. The predicted octanol–water partition coefficient (Wildman–Crippen LogP) is 2.98. The van der Waals surface area contributed by atoms with E-state index in [1.54, 1.807) is 12.1 Å². The van der Waals surface area contributed by atoms with E-state index in [-0.39, 0.29) is 34.5 Å². The number of aromatic nitrogens is 3. The summed E-state index contributed by atoms with van der Waals surface area (Å²) in [4.78, 5) is 12.8. The average Bonchev–Trinajstić information content (AvgIpc) is 3.22. The number of amides is 1. The molecule has 0 spiro atoms. The molecule has 2 atom stereocenters. The van der Waals surface area contributed by atoms with Crippen LogP contribution in [0.2, 0.25) is 5.02 Å². The summed E-state index contributed by atoms with van der Waals surface area (Å²) in [7, 11) is -3.75. The summed E-state index contributed by atoms with van der Waals surface area (Å²) in [5.41, 5.74) is 2.13. The van der Waals surface area contributed by atoms with Gasteiger partial charge in [-0.15, -0.1) is 5.10 Å². The highest BCUT2D eigenvalue weighted by atomic mass is 35.5. The Morgan fingerprint density at radius 3 is 2.44 bits per heavy atom. The summed E-state index contributed by atoms with van der Waals surface area (Å²) in [6, 6.07) is 7.84. The molecule has 1 amide bonds. The molecule has 0 aliphatic rings. The maximum atomic E-state index is 13.3. The molecule has 0 aliphatic heterocycles. The Hall–Kier alpha value is -2.86. The number of nitrogens with one attached hydrogen (secondary N) is 2. The van der Waals surface area contributed by atoms with Crippen molar-refractivity contribution < 1.29 is 22.7 Å². The van der Waals surface area contributed by atoms with Crippen LogP contribution in [0.1, 0.15) is 41.0 Å². The third-order valence-corrected chi connectivity index (χ3v) is 7.21. The zero-order chi connectivity index (χ0) is 26.6. The van der Waals surface area contributed by atoms with Crippen molar-refractivity contribution in [2.75, 3.05) is 0 Å². The fraction of sp³-hybridized carbons (Fsp3) is 0.375. The first-order valence-corrected chi connectivity index (χ1v) is 13.1. The topological polar surface area (TPSA) is 126 Å². The molecule has 3 N–H and O–H groups in total. The van der Waals surface area contributed by atoms with E-state index in [0.29, 0.717) is 5.69 Å². The number of hydrogen-bond donors (Lipinski definition) is 3. The SMILES string of the molecule is Cc1cc(C)cc(S(=O)(=O)NCc2cn(CC(O)[C@@H](NC(=O)c3ccc(F)cc3Cl)C(C)C)nn2)c1. The van der Waals surface area contributed by atoms with Crippen molar-refractivity contribution in [3.63, 3.8) is 0 Å². The number of hydrogen-bond acceptors (Lipinski definition) is 6. The minimum Gasteiger partial charge on any atom is -0.389 e. The van der Waals surface area contributed by atoms with Gasteiger partial charge in [0, 0.05) is 6.20 Å². The van der Waals surface area contributed by atoms with Gasteiger partial charge in [0.1, 0.15) is 5.82 Å². The summed E-state index contributed by atoms with van der Waals surface area (Å²) in [5.74, 6) is -1.26. The van der Waals surface area contributed by atoms with Crippen molar-refractivity contribution in [3.8, 4) is 0 Å². The number of carbonyl (C=O) groups is 1. The van der Waals surface area contributed by atoms with E-state index in [1.807, 2.05) is 33.8 Å². The standard InChI is InChI=1S/C24H29ClFN5O4S/c1-14(2)23(28-24(33)20-6-5-17(26)10-21(20)25)22(32)13-31-12-18(29-30-31)11-27-36(34,35)19-8-15(3)7-16(4)9-19/h5-10,12,14,22-23,27,32H,11,13H2,1-4H3,(H,28,33)/t22?,23-/m0/s1. The Morgan fingerprint density at radius 1 is 1.17 bits per heavy atom. The summed E-state index contributed by atoms with van der Waals surface area (Å²) in [6.07, 6.45) is 0.471. The van der Waals surface area contributed by atoms with Crippen LogP contribution in [0.25, 0.3) is 0 Å². The average molecular weight is 538 g/mol. The Balaban J connectivity index is 1.64. The number of nitrogens with zero attached hydrogens (tertiary/aromatic N) is 3. The molecule has 0 saturated carbocycles. The first-order chi connectivity index (χ1) is 16.9. The van der Waals surface area contributed by atoms with Gasteiger partial charge in [-0.3, -0.25) is 4.79 Å². The quantitative estimate of drug-likeness (QED) is 0.365. The highest BCUT2D eigenvalue weighted by Crippen LogP contribution is 2.19. The Bertz CT molecular complexity index is 1330. The van der Waals surface area contributed by atoms with Crippen molar-refractivity contribution in [1.29, 1.82) is 0 Å². The lowest BCUT2D eigenvalue weighted by Crippen LogP contribution is -2.48. The zero-order valence-corrected chi connectivity index (χ0v) is 21.9. The first kappa shape index (κ1) is 27.7. The van der Waals surface area contributed by atoms with Gasteiger partial charge in [0.15, 0.2) is 0 Å². The van der Waals surface area contributed by atoms with Crippen molar-refractivity contribution in [3.05, 3.63) is 75.8 Å². The molecular weight excluding hydrogens is 509 g/mol. The van der Waals surface area contributed by atoms with Gasteiger partial charge in [0.2, 0.25) is 10.0 Å². The normalized spacial score (nSPS) is 13.6. The molecule has 2 aromatic carbocycles. The molecule has 36 heavy (non-hydrogen) atoms. The predicted molar refractivity (Wildman–Crippen MR) is 133 cm³/mol. The third kappa shape index (κ3) is 7.10. The Labute approximate surface area is 214 Å². The van der Waals surface area contributed by atoms with Crippen molar-refractivity contribution in [1.82, 2.24) is 25.0 Å². The maximum Gasteiger partial charge on any atom is 0.253 e. The van der Waals surface area contributed by atoms with E-state index in [4.69, 9.17) is 11.6 Å². The zero-order valence-electron chi connectivity index (χ0n) is 20.4. The number of carbonyl (C=O) groups excluding carboxylic acids is 1. The van der Waals surface area contributed by atoms with Crippen LogP contribution in [0, 0.1) is 25.6 Å². The van der Waals surface area contributed by atoms with Gasteiger partial charge in [-0.2, -0.15) is 0 Å². The molecule has 0 bridgehead atoms. The van der Waals surface area contributed by atoms with Gasteiger partial charge in [-0.05, 0) is 61.2 Å². The van der Waals surface area contributed by atoms with Gasteiger partial charge >= 0.3 is 0 Å². The molecule has 3 aromatic rings. The number of sulfonamides is 1. The van der Waals surface area contributed by atoms with Crippen molar-refractivity contribution in [2.45, 2.75) is 57.8 Å². The lowest BCUT2D eigenvalue weighted by atomic mass is 9.97. The first-order valence-electron chi connectivity index (χ1n) is 11.3. The minimum absolute atomic E-state index is 0.00288. The van der Waals surface area contributed by atoms with Crippen LogP contribution >= 0.6 is 11.6 Å². The van der Waals surface area contributed by atoms with Crippen LogP contribution in [-0.2, 0) is 23.1 Å². The second-order valence-corrected chi connectivity index (χ2v) is 11.2.